The number of aromatic nitrogens is 1. The number of nitrogens with zero attached hydrogens (tertiary/aromatic N) is 1. The summed E-state index contributed by atoms with van der Waals surface area (Å²) in [7, 11) is 0. The topological polar surface area (TPSA) is 67.4 Å². The van der Waals surface area contributed by atoms with E-state index in [2.05, 4.69) is 5.43 Å². The van der Waals surface area contributed by atoms with E-state index >= 15 is 0 Å². The minimum absolute atomic E-state index is 0.169. The first-order valence-corrected chi connectivity index (χ1v) is 5.27. The maximum atomic E-state index is 10.7. The van der Waals surface area contributed by atoms with Crippen LogP contribution in [0.5, 0.6) is 0 Å². The van der Waals surface area contributed by atoms with Gasteiger partial charge in [0.1, 0.15) is 12.0 Å². The highest BCUT2D eigenvalue weighted by Gasteiger charge is 2.08. The summed E-state index contributed by atoms with van der Waals surface area (Å²) >= 11 is 0. The van der Waals surface area contributed by atoms with Crippen LogP contribution in [0.2, 0.25) is 0 Å². The molecule has 0 atom stereocenters. The van der Waals surface area contributed by atoms with Gasteiger partial charge in [0.25, 0.3) is 0 Å². The number of nitrogens with one attached hydrogen (secondary N) is 1. The molecule has 2 rings (SSSR count). The van der Waals surface area contributed by atoms with Crippen LogP contribution in [-0.4, -0.2) is 15.8 Å². The fourth-order valence-electron chi connectivity index (χ4n) is 1.66. The van der Waals surface area contributed by atoms with E-state index < -0.39 is 5.97 Å². The molecule has 0 aromatic carbocycles. The Labute approximate surface area is 98.6 Å². The maximum Gasteiger partial charge on any atom is 0.338 e. The van der Waals surface area contributed by atoms with Gasteiger partial charge in [0.05, 0.1) is 12.1 Å². The Kier molecular flexibility index (Phi) is 2.91. The van der Waals surface area contributed by atoms with Gasteiger partial charge in [-0.25, -0.2) is 4.79 Å². The third-order valence-corrected chi connectivity index (χ3v) is 2.58. The van der Waals surface area contributed by atoms with E-state index in [0.717, 1.165) is 11.4 Å². The first-order valence-electron chi connectivity index (χ1n) is 5.27. The molecule has 2 N–H and O–H groups in total. The van der Waals surface area contributed by atoms with E-state index in [1.807, 2.05) is 30.7 Å². The van der Waals surface area contributed by atoms with Gasteiger partial charge in [0.2, 0.25) is 0 Å². The molecular weight excluding hydrogens is 220 g/mol. The Hall–Kier alpha value is -2.17. The van der Waals surface area contributed by atoms with Crippen molar-refractivity contribution in [2.24, 2.45) is 0 Å². The number of furan rings is 1. The van der Waals surface area contributed by atoms with Crippen LogP contribution >= 0.6 is 0 Å². The van der Waals surface area contributed by atoms with Crippen LogP contribution in [0, 0.1) is 13.8 Å². The fraction of sp³-hybridized carbons (Fsp3) is 0.250. The average Bonchev–Trinajstić information content (AvgIpc) is 2.85. The average molecular weight is 234 g/mol. The number of carboxylic acids is 1. The zero-order valence-electron chi connectivity index (χ0n) is 9.73. The van der Waals surface area contributed by atoms with Gasteiger partial charge in [-0.15, -0.1) is 0 Å². The van der Waals surface area contributed by atoms with Gasteiger partial charge in [0, 0.05) is 11.4 Å². The molecule has 17 heavy (non-hydrogen) atoms. The Bertz CT molecular complexity index is 520. The maximum absolute atomic E-state index is 10.7. The molecule has 0 unspecified atom stereocenters. The molecule has 0 spiro atoms. The summed E-state index contributed by atoms with van der Waals surface area (Å²) in [6, 6.07) is 5.53. The molecule has 0 fully saturated rings. The molecule has 0 radical (unpaired) electrons. The second kappa shape index (κ2) is 4.37. The van der Waals surface area contributed by atoms with E-state index in [1.165, 1.54) is 12.3 Å². The summed E-state index contributed by atoms with van der Waals surface area (Å²) in [5.41, 5.74) is 5.51. The predicted molar refractivity (Wildman–Crippen MR) is 62.6 cm³/mol. The highest BCUT2D eigenvalue weighted by Crippen LogP contribution is 2.09. The normalized spacial score (nSPS) is 10.5. The number of aryl methyl sites for hydroxylation is 2. The van der Waals surface area contributed by atoms with E-state index in [1.54, 1.807) is 0 Å². The lowest BCUT2D eigenvalue weighted by molar-refractivity contribution is 0.0696. The van der Waals surface area contributed by atoms with Crippen LogP contribution in [0.4, 0.5) is 0 Å². The molecule has 0 aliphatic carbocycles. The molecule has 90 valence electrons. The molecule has 0 aliphatic rings. The Morgan fingerprint density at radius 1 is 1.41 bits per heavy atom. The number of rotatable bonds is 4. The quantitative estimate of drug-likeness (QED) is 0.850. The van der Waals surface area contributed by atoms with Gasteiger partial charge < -0.3 is 14.9 Å². The Balaban J connectivity index is 2.05. The molecule has 0 amide bonds. The molecule has 0 saturated heterocycles. The number of carboxylic acid groups (broad SMARTS) is 1. The van der Waals surface area contributed by atoms with E-state index in [4.69, 9.17) is 9.52 Å². The van der Waals surface area contributed by atoms with Crippen molar-refractivity contribution < 1.29 is 14.3 Å². The largest absolute Gasteiger partial charge is 0.478 e. The zero-order chi connectivity index (χ0) is 12.4. The number of hydrogen-bond donors (Lipinski definition) is 2. The lowest BCUT2D eigenvalue weighted by Gasteiger charge is -2.10. The van der Waals surface area contributed by atoms with Crippen molar-refractivity contribution in [3.8, 4) is 0 Å². The van der Waals surface area contributed by atoms with Crippen molar-refractivity contribution in [2.75, 3.05) is 5.43 Å². The van der Waals surface area contributed by atoms with E-state index in [9.17, 15) is 4.79 Å². The monoisotopic (exact) mass is 234 g/mol. The van der Waals surface area contributed by atoms with Crippen LogP contribution in [-0.2, 0) is 6.54 Å². The lowest BCUT2D eigenvalue weighted by Crippen LogP contribution is -2.16. The molecule has 2 aromatic rings. The van der Waals surface area contributed by atoms with Crippen LogP contribution in [0.15, 0.2) is 28.9 Å². The molecule has 0 bridgehead atoms. The Morgan fingerprint density at radius 2 is 2.06 bits per heavy atom. The van der Waals surface area contributed by atoms with Gasteiger partial charge >= 0.3 is 5.97 Å². The minimum Gasteiger partial charge on any atom is -0.478 e. The summed E-state index contributed by atoms with van der Waals surface area (Å²) in [6.45, 7) is 4.43. The van der Waals surface area contributed by atoms with Gasteiger partial charge in [-0.05, 0) is 32.0 Å². The molecule has 2 heterocycles. The fourth-order valence-corrected chi connectivity index (χ4v) is 1.66. The molecule has 5 heteroatoms. The van der Waals surface area contributed by atoms with Gasteiger partial charge in [-0.3, -0.25) is 4.68 Å². The second-order valence-electron chi connectivity index (χ2n) is 3.89. The van der Waals surface area contributed by atoms with Crippen molar-refractivity contribution in [1.82, 2.24) is 4.68 Å². The Morgan fingerprint density at radius 3 is 2.59 bits per heavy atom. The molecule has 5 nitrogen and oxygen atoms in total. The molecule has 2 aromatic heterocycles. The molecule has 0 saturated carbocycles. The number of aromatic carboxylic acids is 1. The van der Waals surface area contributed by atoms with Crippen molar-refractivity contribution in [2.45, 2.75) is 20.4 Å². The number of carbonyl (C=O) groups is 1. The van der Waals surface area contributed by atoms with Crippen LogP contribution in [0.3, 0.4) is 0 Å². The van der Waals surface area contributed by atoms with Crippen LogP contribution < -0.4 is 5.43 Å². The summed E-state index contributed by atoms with van der Waals surface area (Å²) < 4.78 is 7.08. The SMILES string of the molecule is Cc1ccc(C)n1NCc1cc(C(=O)O)co1. The van der Waals surface area contributed by atoms with E-state index in [0.29, 0.717) is 12.3 Å². The van der Waals surface area contributed by atoms with Crippen molar-refractivity contribution in [3.05, 3.63) is 47.2 Å². The van der Waals surface area contributed by atoms with Crippen molar-refractivity contribution >= 4 is 5.97 Å². The summed E-state index contributed by atoms with van der Waals surface area (Å²) in [5.74, 6) is -0.386. The van der Waals surface area contributed by atoms with Crippen LogP contribution in [0.25, 0.3) is 0 Å². The van der Waals surface area contributed by atoms with Gasteiger partial charge in [-0.1, -0.05) is 0 Å². The van der Waals surface area contributed by atoms with Crippen molar-refractivity contribution in [3.63, 3.8) is 0 Å². The van der Waals surface area contributed by atoms with Crippen molar-refractivity contribution in [1.29, 1.82) is 0 Å². The second-order valence-corrected chi connectivity index (χ2v) is 3.89. The third-order valence-electron chi connectivity index (χ3n) is 2.58. The highest BCUT2D eigenvalue weighted by molar-refractivity contribution is 5.87. The molecule has 0 aliphatic heterocycles. The van der Waals surface area contributed by atoms with Gasteiger partial charge in [-0.2, -0.15) is 0 Å². The standard InChI is InChI=1S/C12H14N2O3/c1-8-3-4-9(2)14(8)13-6-11-5-10(7-17-11)12(15)16/h3-5,7,13H,6H2,1-2H3,(H,15,16). The first kappa shape index (κ1) is 11.3. The third kappa shape index (κ3) is 2.33. The zero-order valence-corrected chi connectivity index (χ0v) is 9.73. The summed E-state index contributed by atoms with van der Waals surface area (Å²) in [4.78, 5) is 10.7. The van der Waals surface area contributed by atoms with Crippen LogP contribution in [0.1, 0.15) is 27.5 Å². The smallest absolute Gasteiger partial charge is 0.338 e. The van der Waals surface area contributed by atoms with Gasteiger partial charge in [0.15, 0.2) is 0 Å². The minimum atomic E-state index is -0.978. The predicted octanol–water partition coefficient (Wildman–Crippen LogP) is 2.14. The number of hydrogen-bond acceptors (Lipinski definition) is 3. The lowest BCUT2D eigenvalue weighted by atomic mass is 10.3. The summed E-state index contributed by atoms with van der Waals surface area (Å²) in [5, 5.41) is 8.75. The van der Waals surface area contributed by atoms with E-state index in [-0.39, 0.29) is 5.56 Å². The first-order chi connectivity index (χ1) is 8.08. The highest BCUT2D eigenvalue weighted by atomic mass is 16.4. The summed E-state index contributed by atoms with van der Waals surface area (Å²) in [6.07, 6.45) is 1.24. The molecular formula is C12H14N2O3.